The number of carbonyl (C=O) groups is 2. The minimum Gasteiger partial charge on any atom is -0.350 e. The van der Waals surface area contributed by atoms with Crippen LogP contribution < -0.4 is 5.32 Å². The summed E-state index contributed by atoms with van der Waals surface area (Å²) in [6.07, 6.45) is 7.83. The molecular formula is C28H31N3O2S. The van der Waals surface area contributed by atoms with Crippen LogP contribution in [-0.4, -0.2) is 33.6 Å². The Bertz CT molecular complexity index is 1230. The molecule has 0 unspecified atom stereocenters. The first-order chi connectivity index (χ1) is 16.6. The van der Waals surface area contributed by atoms with Crippen molar-refractivity contribution in [3.63, 3.8) is 0 Å². The molecule has 2 amide bonds. The lowest BCUT2D eigenvalue weighted by Gasteiger charge is -2.30. The number of fused-ring (bicyclic) bond motifs is 3. The van der Waals surface area contributed by atoms with Crippen LogP contribution in [0, 0.1) is 0 Å². The van der Waals surface area contributed by atoms with E-state index < -0.39 is 6.04 Å². The molecule has 3 aromatic rings. The zero-order valence-electron chi connectivity index (χ0n) is 19.6. The number of aryl methyl sites for hydroxylation is 1. The summed E-state index contributed by atoms with van der Waals surface area (Å²) in [4.78, 5) is 29.0. The van der Waals surface area contributed by atoms with Crippen LogP contribution in [0.5, 0.6) is 0 Å². The maximum absolute atomic E-state index is 13.8. The number of hydrogen-bond acceptors (Lipinski definition) is 3. The van der Waals surface area contributed by atoms with E-state index in [0.29, 0.717) is 18.8 Å². The number of aromatic nitrogens is 1. The molecule has 1 aromatic heterocycles. The first kappa shape index (κ1) is 22.8. The van der Waals surface area contributed by atoms with Crippen LogP contribution in [0.2, 0.25) is 0 Å². The number of nitrogens with zero attached hydrogens (tertiary/aromatic N) is 2. The van der Waals surface area contributed by atoms with Gasteiger partial charge in [-0.3, -0.25) is 9.59 Å². The van der Waals surface area contributed by atoms with Gasteiger partial charge in [-0.1, -0.05) is 71.9 Å². The number of allylic oxidation sites excluding steroid dienone is 1. The van der Waals surface area contributed by atoms with Crippen molar-refractivity contribution in [3.05, 3.63) is 77.4 Å². The largest absolute Gasteiger partial charge is 0.350 e. The number of benzene rings is 2. The van der Waals surface area contributed by atoms with Crippen LogP contribution in [0.4, 0.5) is 0 Å². The van der Waals surface area contributed by atoms with Crippen molar-refractivity contribution < 1.29 is 9.59 Å². The van der Waals surface area contributed by atoms with Gasteiger partial charge in [0.2, 0.25) is 11.8 Å². The molecule has 1 N–H and O–H groups in total. The SMILES string of the molecule is Cn1c2c(c3ccccc31)[C@H](C(=O)NCc1ccccc1)N(CCC1=CCCCC1)C(=O)CS2. The molecular weight excluding hydrogens is 442 g/mol. The molecule has 0 saturated carbocycles. The third kappa shape index (κ3) is 4.51. The van der Waals surface area contributed by atoms with Crippen LogP contribution in [0.3, 0.4) is 0 Å². The van der Waals surface area contributed by atoms with Crippen molar-refractivity contribution in [3.8, 4) is 0 Å². The summed E-state index contributed by atoms with van der Waals surface area (Å²) in [5, 5.41) is 5.19. The lowest BCUT2D eigenvalue weighted by atomic mass is 9.96. The molecule has 2 aliphatic rings. The second kappa shape index (κ2) is 10.1. The standard InChI is InChI=1S/C28H31N3O2S/c1-30-23-15-9-8-14-22(23)25-26(27(33)29-18-21-12-6-3-7-13-21)31(24(32)19-34-28(25)30)17-16-20-10-4-2-5-11-20/h3,6-10,12-15,26H,2,4-5,11,16-19H2,1H3,(H,29,33)/t26-/m1/s1. The van der Waals surface area contributed by atoms with E-state index in [1.165, 1.54) is 18.4 Å². The Hall–Kier alpha value is -2.99. The van der Waals surface area contributed by atoms with Gasteiger partial charge in [-0.15, -0.1) is 0 Å². The van der Waals surface area contributed by atoms with Crippen LogP contribution >= 0.6 is 11.8 Å². The number of para-hydroxylation sites is 1. The van der Waals surface area contributed by atoms with Gasteiger partial charge in [-0.2, -0.15) is 0 Å². The van der Waals surface area contributed by atoms with Gasteiger partial charge in [-0.25, -0.2) is 0 Å². The van der Waals surface area contributed by atoms with Gasteiger partial charge >= 0.3 is 0 Å². The lowest BCUT2D eigenvalue weighted by molar-refractivity contribution is -0.139. The van der Waals surface area contributed by atoms with Crippen molar-refractivity contribution in [2.24, 2.45) is 7.05 Å². The normalized spacial score (nSPS) is 18.4. The summed E-state index contributed by atoms with van der Waals surface area (Å²) in [6, 6.07) is 17.5. The fourth-order valence-corrected chi connectivity index (χ4v) is 6.25. The van der Waals surface area contributed by atoms with E-state index in [9.17, 15) is 9.59 Å². The van der Waals surface area contributed by atoms with Crippen molar-refractivity contribution in [2.45, 2.75) is 49.7 Å². The predicted molar refractivity (Wildman–Crippen MR) is 138 cm³/mol. The van der Waals surface area contributed by atoms with Crippen molar-refractivity contribution in [1.82, 2.24) is 14.8 Å². The molecule has 1 aliphatic heterocycles. The highest BCUT2D eigenvalue weighted by Crippen LogP contribution is 2.42. The molecule has 6 heteroatoms. The molecule has 2 aromatic carbocycles. The number of amides is 2. The second-order valence-electron chi connectivity index (χ2n) is 9.13. The van der Waals surface area contributed by atoms with Crippen LogP contribution in [0.25, 0.3) is 10.9 Å². The van der Waals surface area contributed by atoms with Crippen LogP contribution in [-0.2, 0) is 23.2 Å². The predicted octanol–water partition coefficient (Wildman–Crippen LogP) is 5.36. The van der Waals surface area contributed by atoms with Gasteiger partial charge in [0.15, 0.2) is 0 Å². The molecule has 34 heavy (non-hydrogen) atoms. The zero-order chi connectivity index (χ0) is 23.5. The van der Waals surface area contributed by atoms with Crippen LogP contribution in [0.15, 0.2) is 71.3 Å². The first-order valence-corrected chi connectivity index (χ1v) is 13.1. The van der Waals surface area contributed by atoms with Gasteiger partial charge in [0.1, 0.15) is 6.04 Å². The highest BCUT2D eigenvalue weighted by molar-refractivity contribution is 8.00. The Kier molecular flexibility index (Phi) is 6.77. The Morgan fingerprint density at radius 3 is 2.68 bits per heavy atom. The fourth-order valence-electron chi connectivity index (χ4n) is 5.15. The first-order valence-electron chi connectivity index (χ1n) is 12.1. The molecule has 176 valence electrons. The summed E-state index contributed by atoms with van der Waals surface area (Å²) in [7, 11) is 2.03. The average Bonchev–Trinajstić information content (AvgIpc) is 3.06. The smallest absolute Gasteiger partial charge is 0.247 e. The Labute approximate surface area is 205 Å². The molecule has 0 spiro atoms. The van der Waals surface area contributed by atoms with E-state index in [1.54, 1.807) is 11.8 Å². The zero-order valence-corrected chi connectivity index (χ0v) is 20.4. The monoisotopic (exact) mass is 473 g/mol. The van der Waals surface area contributed by atoms with Gasteiger partial charge in [0, 0.05) is 36.6 Å². The van der Waals surface area contributed by atoms with E-state index in [4.69, 9.17) is 0 Å². The number of rotatable bonds is 6. The second-order valence-corrected chi connectivity index (χ2v) is 10.1. The van der Waals surface area contributed by atoms with Crippen molar-refractivity contribution in [1.29, 1.82) is 0 Å². The molecule has 0 bridgehead atoms. The molecule has 5 rings (SSSR count). The summed E-state index contributed by atoms with van der Waals surface area (Å²) in [5.74, 6) is 0.259. The lowest BCUT2D eigenvalue weighted by Crippen LogP contribution is -2.44. The molecule has 5 nitrogen and oxygen atoms in total. The third-order valence-electron chi connectivity index (χ3n) is 6.95. The minimum atomic E-state index is -0.642. The third-order valence-corrected chi connectivity index (χ3v) is 8.10. The summed E-state index contributed by atoms with van der Waals surface area (Å²) >= 11 is 1.55. The quantitative estimate of drug-likeness (QED) is 0.490. The fraction of sp³-hybridized carbons (Fsp3) is 0.357. The molecule has 1 atom stereocenters. The maximum atomic E-state index is 13.8. The van der Waals surface area contributed by atoms with E-state index in [2.05, 4.69) is 28.1 Å². The van der Waals surface area contributed by atoms with E-state index >= 15 is 0 Å². The Morgan fingerprint density at radius 2 is 1.88 bits per heavy atom. The van der Waals surface area contributed by atoms with Gasteiger partial charge in [0.05, 0.1) is 10.8 Å². The Balaban J connectivity index is 1.52. The number of nitrogens with one attached hydrogen (secondary N) is 1. The van der Waals surface area contributed by atoms with Gasteiger partial charge in [-0.05, 0) is 43.7 Å². The van der Waals surface area contributed by atoms with Crippen molar-refractivity contribution in [2.75, 3.05) is 12.3 Å². The number of carbonyl (C=O) groups excluding carboxylic acids is 2. The van der Waals surface area contributed by atoms with E-state index in [-0.39, 0.29) is 11.8 Å². The minimum absolute atomic E-state index is 0.0292. The summed E-state index contributed by atoms with van der Waals surface area (Å²) < 4.78 is 2.13. The highest BCUT2D eigenvalue weighted by Gasteiger charge is 2.38. The van der Waals surface area contributed by atoms with Crippen LogP contribution in [0.1, 0.15) is 49.3 Å². The number of thioether (sulfide) groups is 1. The van der Waals surface area contributed by atoms with Crippen molar-refractivity contribution >= 4 is 34.5 Å². The van der Waals surface area contributed by atoms with E-state index in [0.717, 1.165) is 46.3 Å². The summed E-state index contributed by atoms with van der Waals surface area (Å²) in [6.45, 7) is 1.01. The Morgan fingerprint density at radius 1 is 1.09 bits per heavy atom. The highest BCUT2D eigenvalue weighted by atomic mass is 32.2. The molecule has 0 fully saturated rings. The maximum Gasteiger partial charge on any atom is 0.247 e. The van der Waals surface area contributed by atoms with Gasteiger partial charge < -0.3 is 14.8 Å². The van der Waals surface area contributed by atoms with Gasteiger partial charge in [0.25, 0.3) is 0 Å². The molecule has 2 heterocycles. The number of hydrogen-bond donors (Lipinski definition) is 1. The molecule has 1 aliphatic carbocycles. The topological polar surface area (TPSA) is 54.3 Å². The average molecular weight is 474 g/mol. The van der Waals surface area contributed by atoms with E-state index in [1.807, 2.05) is 54.4 Å². The summed E-state index contributed by atoms with van der Waals surface area (Å²) in [5.41, 5.74) is 4.50. The molecule has 0 radical (unpaired) electrons. The molecule has 0 saturated heterocycles.